The van der Waals surface area contributed by atoms with Crippen LogP contribution in [0.25, 0.3) is 0 Å². The van der Waals surface area contributed by atoms with Gasteiger partial charge in [-0.2, -0.15) is 0 Å². The van der Waals surface area contributed by atoms with Gasteiger partial charge >= 0.3 is 0 Å². The van der Waals surface area contributed by atoms with Crippen LogP contribution in [0.3, 0.4) is 0 Å². The molecule has 3 N–H and O–H groups in total. The molecule has 0 spiro atoms. The number of nitrogens with two attached hydrogens (primary N) is 1. The van der Waals surface area contributed by atoms with Gasteiger partial charge in [-0.3, -0.25) is 9.52 Å². The van der Waals surface area contributed by atoms with Crippen LogP contribution in [0, 0.1) is 5.92 Å². The molecule has 15 heavy (non-hydrogen) atoms. The Hall–Kier alpha value is -0.620. The van der Waals surface area contributed by atoms with Gasteiger partial charge in [0.05, 0.1) is 5.25 Å². The molecule has 6 heteroatoms. The third-order valence-electron chi connectivity index (χ3n) is 2.26. The molecule has 0 aliphatic carbocycles. The van der Waals surface area contributed by atoms with E-state index in [1.807, 2.05) is 11.6 Å². The summed E-state index contributed by atoms with van der Waals surface area (Å²) in [6.07, 6.45) is 0.935. The Morgan fingerprint density at radius 2 is 1.93 bits per heavy atom. The van der Waals surface area contributed by atoms with Crippen molar-refractivity contribution in [2.75, 3.05) is 6.54 Å². The van der Waals surface area contributed by atoms with Crippen LogP contribution in [-0.2, 0) is 14.8 Å². The van der Waals surface area contributed by atoms with Gasteiger partial charge in [0.2, 0.25) is 15.9 Å². The van der Waals surface area contributed by atoms with Crippen molar-refractivity contribution in [2.45, 2.75) is 38.9 Å². The zero-order valence-corrected chi connectivity index (χ0v) is 10.3. The Morgan fingerprint density at radius 3 is 2.27 bits per heavy atom. The van der Waals surface area contributed by atoms with Crippen LogP contribution < -0.4 is 10.5 Å². The maximum atomic E-state index is 11.3. The highest BCUT2D eigenvalue weighted by Crippen LogP contribution is 2.06. The maximum absolute atomic E-state index is 11.3. The molecule has 0 aromatic rings. The van der Waals surface area contributed by atoms with Gasteiger partial charge in [-0.05, 0) is 26.3 Å². The molecule has 0 fully saturated rings. The molecule has 0 radical (unpaired) electrons. The molecule has 0 saturated heterocycles. The van der Waals surface area contributed by atoms with E-state index >= 15 is 0 Å². The van der Waals surface area contributed by atoms with Crippen LogP contribution in [0.5, 0.6) is 0 Å². The second-order valence-electron chi connectivity index (χ2n) is 3.83. The summed E-state index contributed by atoms with van der Waals surface area (Å²) in [7, 11) is -3.50. The molecule has 0 rings (SSSR count). The fourth-order valence-corrected chi connectivity index (χ4v) is 1.61. The minimum atomic E-state index is -3.50. The Bertz CT molecular complexity index is 294. The van der Waals surface area contributed by atoms with Gasteiger partial charge in [0.1, 0.15) is 0 Å². The van der Waals surface area contributed by atoms with Gasteiger partial charge in [0, 0.05) is 6.42 Å². The molecule has 1 atom stereocenters. The largest absolute Gasteiger partial charge is 0.330 e. The van der Waals surface area contributed by atoms with E-state index in [0.29, 0.717) is 6.54 Å². The number of carbonyl (C=O) groups excluding carboxylic acids is 1. The van der Waals surface area contributed by atoms with Gasteiger partial charge in [-0.15, -0.1) is 0 Å². The number of amides is 1. The highest BCUT2D eigenvalue weighted by molar-refractivity contribution is 7.90. The average Bonchev–Trinajstić information content (AvgIpc) is 2.13. The normalized spacial score (nSPS) is 13.9. The zero-order valence-electron chi connectivity index (χ0n) is 9.49. The lowest BCUT2D eigenvalue weighted by atomic mass is 10.0. The van der Waals surface area contributed by atoms with E-state index in [-0.39, 0.29) is 12.3 Å². The Labute approximate surface area is 91.5 Å². The van der Waals surface area contributed by atoms with Crippen molar-refractivity contribution in [3.63, 3.8) is 0 Å². The summed E-state index contributed by atoms with van der Waals surface area (Å²) in [6, 6.07) is 0. The zero-order chi connectivity index (χ0) is 12.1. The standard InChI is InChI=1S/C9H20N2O3S/c1-4-8(6-10)5-9(12)11-15(13,14)7(2)3/h7-8H,4-6,10H2,1-3H3,(H,11,12). The van der Waals surface area contributed by atoms with Crippen molar-refractivity contribution in [1.29, 1.82) is 0 Å². The first-order chi connectivity index (χ1) is 6.83. The Morgan fingerprint density at radius 1 is 1.40 bits per heavy atom. The number of carbonyl (C=O) groups is 1. The summed E-state index contributed by atoms with van der Waals surface area (Å²) in [5.74, 6) is -0.423. The lowest BCUT2D eigenvalue weighted by Crippen LogP contribution is -2.37. The monoisotopic (exact) mass is 236 g/mol. The molecule has 0 aliphatic heterocycles. The average molecular weight is 236 g/mol. The molecular weight excluding hydrogens is 216 g/mol. The number of nitrogens with one attached hydrogen (secondary N) is 1. The van der Waals surface area contributed by atoms with E-state index in [0.717, 1.165) is 6.42 Å². The molecule has 0 aromatic heterocycles. The first-order valence-electron chi connectivity index (χ1n) is 5.08. The van der Waals surface area contributed by atoms with Crippen LogP contribution in [0.2, 0.25) is 0 Å². The predicted octanol–water partition coefficient (Wildman–Crippen LogP) is 0.216. The topological polar surface area (TPSA) is 89.3 Å². The molecule has 1 amide bonds. The molecule has 5 nitrogen and oxygen atoms in total. The summed E-state index contributed by atoms with van der Waals surface area (Å²) in [6.45, 7) is 5.36. The summed E-state index contributed by atoms with van der Waals surface area (Å²) in [4.78, 5) is 11.3. The van der Waals surface area contributed by atoms with Crippen LogP contribution >= 0.6 is 0 Å². The molecule has 0 saturated carbocycles. The highest BCUT2D eigenvalue weighted by Gasteiger charge is 2.20. The van der Waals surface area contributed by atoms with Gasteiger partial charge in [-0.25, -0.2) is 8.42 Å². The summed E-state index contributed by atoms with van der Waals surface area (Å²) in [5, 5.41) is -0.598. The maximum Gasteiger partial charge on any atom is 0.237 e. The number of hydrogen-bond acceptors (Lipinski definition) is 4. The molecule has 0 aliphatic rings. The van der Waals surface area contributed by atoms with E-state index in [9.17, 15) is 13.2 Å². The minimum absolute atomic E-state index is 0.0485. The number of hydrogen-bond donors (Lipinski definition) is 2. The number of sulfonamides is 1. The Kier molecular flexibility index (Phi) is 5.82. The summed E-state index contributed by atoms with van der Waals surface area (Å²) in [5.41, 5.74) is 5.43. The van der Waals surface area contributed by atoms with E-state index < -0.39 is 21.2 Å². The quantitative estimate of drug-likeness (QED) is 0.690. The van der Waals surface area contributed by atoms with Gasteiger partial charge in [0.15, 0.2) is 0 Å². The SMILES string of the molecule is CCC(CN)CC(=O)NS(=O)(=O)C(C)C. The van der Waals surface area contributed by atoms with E-state index in [1.54, 1.807) is 0 Å². The van der Waals surface area contributed by atoms with Gasteiger partial charge < -0.3 is 5.73 Å². The second kappa shape index (κ2) is 6.07. The predicted molar refractivity (Wildman–Crippen MR) is 59.7 cm³/mol. The van der Waals surface area contributed by atoms with Crippen LogP contribution in [-0.4, -0.2) is 26.1 Å². The van der Waals surface area contributed by atoms with Crippen molar-refractivity contribution in [3.05, 3.63) is 0 Å². The highest BCUT2D eigenvalue weighted by atomic mass is 32.2. The van der Waals surface area contributed by atoms with E-state index in [1.165, 1.54) is 13.8 Å². The van der Waals surface area contributed by atoms with Crippen LogP contribution in [0.1, 0.15) is 33.6 Å². The van der Waals surface area contributed by atoms with Crippen LogP contribution in [0.15, 0.2) is 0 Å². The van der Waals surface area contributed by atoms with Crippen molar-refractivity contribution in [1.82, 2.24) is 4.72 Å². The van der Waals surface area contributed by atoms with E-state index in [4.69, 9.17) is 5.73 Å². The third-order valence-corrected chi connectivity index (χ3v) is 4.01. The molecule has 0 aromatic carbocycles. The van der Waals surface area contributed by atoms with Crippen molar-refractivity contribution >= 4 is 15.9 Å². The van der Waals surface area contributed by atoms with Crippen molar-refractivity contribution < 1.29 is 13.2 Å². The van der Waals surface area contributed by atoms with E-state index in [2.05, 4.69) is 0 Å². The molecule has 0 bridgehead atoms. The molecule has 0 heterocycles. The van der Waals surface area contributed by atoms with Gasteiger partial charge in [0.25, 0.3) is 0 Å². The fraction of sp³-hybridized carbons (Fsp3) is 0.889. The van der Waals surface area contributed by atoms with Gasteiger partial charge in [-0.1, -0.05) is 13.3 Å². The molecular formula is C9H20N2O3S. The smallest absolute Gasteiger partial charge is 0.237 e. The Balaban J connectivity index is 4.27. The lowest BCUT2D eigenvalue weighted by Gasteiger charge is -2.13. The first-order valence-corrected chi connectivity index (χ1v) is 6.62. The third kappa shape index (κ3) is 5.13. The molecule has 90 valence electrons. The lowest BCUT2D eigenvalue weighted by molar-refractivity contribution is -0.120. The van der Waals surface area contributed by atoms with Crippen molar-refractivity contribution in [3.8, 4) is 0 Å². The number of rotatable bonds is 6. The minimum Gasteiger partial charge on any atom is -0.330 e. The first kappa shape index (κ1) is 14.4. The van der Waals surface area contributed by atoms with Crippen molar-refractivity contribution in [2.24, 2.45) is 11.7 Å². The summed E-state index contributed by atoms with van der Waals surface area (Å²) >= 11 is 0. The van der Waals surface area contributed by atoms with Crippen LogP contribution in [0.4, 0.5) is 0 Å². The molecule has 1 unspecified atom stereocenters. The fourth-order valence-electron chi connectivity index (χ4n) is 0.975. The summed E-state index contributed by atoms with van der Waals surface area (Å²) < 4.78 is 24.7. The second-order valence-corrected chi connectivity index (χ2v) is 6.07.